The summed E-state index contributed by atoms with van der Waals surface area (Å²) in [5.41, 5.74) is 0. The summed E-state index contributed by atoms with van der Waals surface area (Å²) in [7, 11) is 2.07. The predicted molar refractivity (Wildman–Crippen MR) is 55.0 cm³/mol. The Balaban J connectivity index is 1.77. The summed E-state index contributed by atoms with van der Waals surface area (Å²) in [4.78, 5) is 14.0. The Bertz CT molecular complexity index is 213. The van der Waals surface area contributed by atoms with E-state index in [-0.39, 0.29) is 11.8 Å². The molecule has 0 spiro atoms. The van der Waals surface area contributed by atoms with Crippen molar-refractivity contribution in [1.82, 2.24) is 15.5 Å². The summed E-state index contributed by atoms with van der Waals surface area (Å²) < 4.78 is 0. The zero-order chi connectivity index (χ0) is 9.97. The van der Waals surface area contributed by atoms with Gasteiger partial charge in [-0.1, -0.05) is 0 Å². The number of carbonyl (C=O) groups is 1. The first-order valence-electron chi connectivity index (χ1n) is 5.45. The van der Waals surface area contributed by atoms with Crippen LogP contribution < -0.4 is 10.6 Å². The Hall–Kier alpha value is -0.610. The minimum absolute atomic E-state index is 0.223. The molecule has 0 aliphatic carbocycles. The zero-order valence-corrected chi connectivity index (χ0v) is 8.75. The van der Waals surface area contributed by atoms with Gasteiger partial charge in [0.05, 0.1) is 5.92 Å². The lowest BCUT2D eigenvalue weighted by atomic mass is 10.1. The summed E-state index contributed by atoms with van der Waals surface area (Å²) in [6.07, 6.45) is 2.09. The standard InChI is InChI=1S/C10H19N3O/c1-13-5-3-8(7-13)10(14)12-9-2-4-11-6-9/h8-9,11H,2-7H2,1H3,(H,12,14)/t8?,9-/m1/s1. The molecule has 4 nitrogen and oxygen atoms in total. The van der Waals surface area contributed by atoms with Crippen molar-refractivity contribution in [3.05, 3.63) is 0 Å². The number of amides is 1. The highest BCUT2D eigenvalue weighted by Crippen LogP contribution is 2.14. The molecule has 14 heavy (non-hydrogen) atoms. The molecule has 2 N–H and O–H groups in total. The van der Waals surface area contributed by atoms with Crippen LogP contribution >= 0.6 is 0 Å². The van der Waals surface area contributed by atoms with E-state index < -0.39 is 0 Å². The van der Waals surface area contributed by atoms with E-state index in [0.29, 0.717) is 6.04 Å². The number of carbonyl (C=O) groups excluding carboxylic acids is 1. The lowest BCUT2D eigenvalue weighted by Gasteiger charge is -2.15. The average Bonchev–Trinajstić information content (AvgIpc) is 2.75. The van der Waals surface area contributed by atoms with Crippen LogP contribution in [-0.2, 0) is 4.79 Å². The van der Waals surface area contributed by atoms with Crippen LogP contribution in [0.2, 0.25) is 0 Å². The molecule has 2 rings (SSSR count). The lowest BCUT2D eigenvalue weighted by Crippen LogP contribution is -2.40. The van der Waals surface area contributed by atoms with Crippen molar-refractivity contribution in [3.63, 3.8) is 0 Å². The van der Waals surface area contributed by atoms with Crippen molar-refractivity contribution < 1.29 is 4.79 Å². The molecule has 2 atom stereocenters. The minimum atomic E-state index is 0.223. The topological polar surface area (TPSA) is 44.4 Å². The van der Waals surface area contributed by atoms with Gasteiger partial charge in [0.15, 0.2) is 0 Å². The fourth-order valence-electron chi connectivity index (χ4n) is 2.25. The highest BCUT2D eigenvalue weighted by Gasteiger charge is 2.28. The minimum Gasteiger partial charge on any atom is -0.352 e. The Morgan fingerprint density at radius 3 is 2.93 bits per heavy atom. The molecule has 2 aliphatic heterocycles. The summed E-state index contributed by atoms with van der Waals surface area (Å²) >= 11 is 0. The molecule has 2 fully saturated rings. The smallest absolute Gasteiger partial charge is 0.224 e. The van der Waals surface area contributed by atoms with Gasteiger partial charge in [0.25, 0.3) is 0 Å². The highest BCUT2D eigenvalue weighted by molar-refractivity contribution is 5.79. The number of likely N-dealkylation sites (tertiary alicyclic amines) is 1. The molecule has 2 heterocycles. The number of rotatable bonds is 2. The van der Waals surface area contributed by atoms with Crippen LogP contribution in [0.5, 0.6) is 0 Å². The summed E-state index contributed by atoms with van der Waals surface area (Å²) in [5, 5.41) is 6.37. The molecule has 0 aromatic heterocycles. The van der Waals surface area contributed by atoms with Crippen molar-refractivity contribution >= 4 is 5.91 Å². The van der Waals surface area contributed by atoms with Gasteiger partial charge >= 0.3 is 0 Å². The molecule has 1 amide bonds. The van der Waals surface area contributed by atoms with Crippen molar-refractivity contribution in [2.75, 3.05) is 33.2 Å². The van der Waals surface area contributed by atoms with Gasteiger partial charge < -0.3 is 15.5 Å². The Morgan fingerprint density at radius 2 is 2.36 bits per heavy atom. The normalized spacial score (nSPS) is 33.5. The van der Waals surface area contributed by atoms with E-state index in [9.17, 15) is 4.79 Å². The monoisotopic (exact) mass is 197 g/mol. The van der Waals surface area contributed by atoms with Crippen LogP contribution in [0, 0.1) is 5.92 Å². The Labute approximate surface area is 85.0 Å². The molecule has 2 saturated heterocycles. The molecule has 2 aliphatic rings. The summed E-state index contributed by atoms with van der Waals surface area (Å²) in [5.74, 6) is 0.476. The third-order valence-corrected chi connectivity index (χ3v) is 3.17. The van der Waals surface area contributed by atoms with Gasteiger partial charge in [-0.05, 0) is 33.0 Å². The number of nitrogens with zero attached hydrogens (tertiary/aromatic N) is 1. The third kappa shape index (κ3) is 2.25. The van der Waals surface area contributed by atoms with Gasteiger partial charge in [-0.25, -0.2) is 0 Å². The molecule has 0 aromatic carbocycles. The van der Waals surface area contributed by atoms with E-state index >= 15 is 0 Å². The van der Waals surface area contributed by atoms with E-state index in [0.717, 1.165) is 39.0 Å². The van der Waals surface area contributed by atoms with E-state index in [1.807, 2.05) is 0 Å². The van der Waals surface area contributed by atoms with E-state index in [4.69, 9.17) is 0 Å². The molecular formula is C10H19N3O. The molecule has 0 saturated carbocycles. The van der Waals surface area contributed by atoms with Crippen molar-refractivity contribution in [3.8, 4) is 0 Å². The second-order valence-electron chi connectivity index (χ2n) is 4.45. The van der Waals surface area contributed by atoms with Crippen molar-refractivity contribution in [2.24, 2.45) is 5.92 Å². The largest absolute Gasteiger partial charge is 0.352 e. The average molecular weight is 197 g/mol. The van der Waals surface area contributed by atoms with Gasteiger partial charge in [-0.3, -0.25) is 4.79 Å². The maximum absolute atomic E-state index is 11.8. The van der Waals surface area contributed by atoms with Crippen LogP contribution in [0.15, 0.2) is 0 Å². The van der Waals surface area contributed by atoms with Crippen LogP contribution in [0.4, 0.5) is 0 Å². The molecule has 0 radical (unpaired) electrons. The molecule has 80 valence electrons. The second kappa shape index (κ2) is 4.28. The maximum Gasteiger partial charge on any atom is 0.224 e. The first-order valence-corrected chi connectivity index (χ1v) is 5.45. The Morgan fingerprint density at radius 1 is 1.50 bits per heavy atom. The molecule has 4 heteroatoms. The SMILES string of the molecule is CN1CCC(C(=O)N[C@@H]2CCNC2)C1. The molecule has 0 aromatic rings. The van der Waals surface area contributed by atoms with Crippen LogP contribution in [-0.4, -0.2) is 50.1 Å². The Kier molecular flexibility index (Phi) is 3.03. The van der Waals surface area contributed by atoms with Gasteiger partial charge in [0, 0.05) is 19.1 Å². The summed E-state index contributed by atoms with van der Waals surface area (Å²) in [6, 6.07) is 0.369. The van der Waals surface area contributed by atoms with Gasteiger partial charge in [-0.2, -0.15) is 0 Å². The summed E-state index contributed by atoms with van der Waals surface area (Å²) in [6.45, 7) is 3.96. The number of hydrogen-bond donors (Lipinski definition) is 2. The van der Waals surface area contributed by atoms with Gasteiger partial charge in [-0.15, -0.1) is 0 Å². The van der Waals surface area contributed by atoms with Crippen LogP contribution in [0.3, 0.4) is 0 Å². The van der Waals surface area contributed by atoms with Crippen molar-refractivity contribution in [1.29, 1.82) is 0 Å². The first-order chi connectivity index (χ1) is 6.75. The van der Waals surface area contributed by atoms with Crippen LogP contribution in [0.25, 0.3) is 0 Å². The zero-order valence-electron chi connectivity index (χ0n) is 8.75. The predicted octanol–water partition coefficient (Wildman–Crippen LogP) is -0.584. The fourth-order valence-corrected chi connectivity index (χ4v) is 2.25. The lowest BCUT2D eigenvalue weighted by molar-refractivity contribution is -0.125. The number of nitrogens with one attached hydrogen (secondary N) is 2. The first kappa shape index (κ1) is 9.93. The van der Waals surface area contributed by atoms with E-state index in [1.165, 1.54) is 0 Å². The molecular weight excluding hydrogens is 178 g/mol. The van der Waals surface area contributed by atoms with Crippen molar-refractivity contribution in [2.45, 2.75) is 18.9 Å². The van der Waals surface area contributed by atoms with Gasteiger partial charge in [0.2, 0.25) is 5.91 Å². The third-order valence-electron chi connectivity index (χ3n) is 3.17. The van der Waals surface area contributed by atoms with E-state index in [2.05, 4.69) is 22.6 Å². The fraction of sp³-hybridized carbons (Fsp3) is 0.900. The molecule has 0 bridgehead atoms. The maximum atomic E-state index is 11.8. The quantitative estimate of drug-likeness (QED) is 0.622. The van der Waals surface area contributed by atoms with Gasteiger partial charge in [0.1, 0.15) is 0 Å². The second-order valence-corrected chi connectivity index (χ2v) is 4.45. The van der Waals surface area contributed by atoms with E-state index in [1.54, 1.807) is 0 Å². The number of hydrogen-bond acceptors (Lipinski definition) is 3. The molecule has 1 unspecified atom stereocenters. The highest BCUT2D eigenvalue weighted by atomic mass is 16.2. The van der Waals surface area contributed by atoms with Crippen LogP contribution in [0.1, 0.15) is 12.8 Å².